The topological polar surface area (TPSA) is 58.2 Å². The van der Waals surface area contributed by atoms with Crippen molar-refractivity contribution in [3.8, 4) is 0 Å². The second kappa shape index (κ2) is 4.68. The van der Waals surface area contributed by atoms with Crippen LogP contribution in [0.4, 0.5) is 0 Å². The number of hydrogen-bond donors (Lipinski definition) is 2. The number of hydrogen-bond acceptors (Lipinski definition) is 2. The normalized spacial score (nSPS) is 26.1. The van der Waals surface area contributed by atoms with Gasteiger partial charge < -0.3 is 10.6 Å². The summed E-state index contributed by atoms with van der Waals surface area (Å²) in [7, 11) is 0. The van der Waals surface area contributed by atoms with E-state index in [1.807, 2.05) is 31.2 Å². The Morgan fingerprint density at radius 1 is 1.32 bits per heavy atom. The zero-order valence-electron chi connectivity index (χ0n) is 11.0. The predicted molar refractivity (Wildman–Crippen MR) is 71.3 cm³/mol. The molecular weight excluding hydrogens is 240 g/mol. The van der Waals surface area contributed by atoms with Crippen LogP contribution >= 0.6 is 0 Å². The summed E-state index contributed by atoms with van der Waals surface area (Å²) in [6, 6.07) is 7.76. The van der Waals surface area contributed by atoms with Crippen LogP contribution < -0.4 is 10.6 Å². The third-order valence-electron chi connectivity index (χ3n) is 3.92. The second-order valence-corrected chi connectivity index (χ2v) is 5.50. The van der Waals surface area contributed by atoms with Crippen molar-refractivity contribution >= 4 is 11.8 Å². The number of rotatable bonds is 3. The molecule has 19 heavy (non-hydrogen) atoms. The van der Waals surface area contributed by atoms with Crippen LogP contribution in [0.5, 0.6) is 0 Å². The summed E-state index contributed by atoms with van der Waals surface area (Å²) in [5.41, 5.74) is 2.23. The van der Waals surface area contributed by atoms with E-state index in [9.17, 15) is 9.59 Å². The van der Waals surface area contributed by atoms with Gasteiger partial charge in [0, 0.05) is 12.3 Å². The Kier molecular flexibility index (Phi) is 3.01. The minimum Gasteiger partial charge on any atom is -0.350 e. The molecule has 2 fully saturated rings. The maximum atomic E-state index is 11.9. The Balaban J connectivity index is 1.80. The molecule has 0 unspecified atom stereocenters. The Morgan fingerprint density at radius 3 is 2.74 bits per heavy atom. The highest BCUT2D eigenvalue weighted by Crippen LogP contribution is 2.31. The molecule has 2 amide bonds. The van der Waals surface area contributed by atoms with Gasteiger partial charge in [0.2, 0.25) is 11.8 Å². The van der Waals surface area contributed by atoms with Gasteiger partial charge in [0.05, 0.1) is 12.1 Å². The Morgan fingerprint density at radius 2 is 2.05 bits per heavy atom. The van der Waals surface area contributed by atoms with E-state index in [4.69, 9.17) is 0 Å². The summed E-state index contributed by atoms with van der Waals surface area (Å²) in [5, 5.41) is 6.00. The summed E-state index contributed by atoms with van der Waals surface area (Å²) in [6.45, 7) is 2.03. The summed E-state index contributed by atoms with van der Waals surface area (Å²) in [6.07, 6.45) is 2.33. The zero-order valence-corrected chi connectivity index (χ0v) is 11.0. The summed E-state index contributed by atoms with van der Waals surface area (Å²) in [4.78, 5) is 23.5. The van der Waals surface area contributed by atoms with Crippen molar-refractivity contribution in [3.05, 3.63) is 35.4 Å². The molecule has 3 rings (SSSR count). The molecule has 0 radical (unpaired) electrons. The van der Waals surface area contributed by atoms with Gasteiger partial charge >= 0.3 is 0 Å². The van der Waals surface area contributed by atoms with E-state index in [0.29, 0.717) is 6.42 Å². The summed E-state index contributed by atoms with van der Waals surface area (Å²) >= 11 is 0. The SMILES string of the molecule is Cc1ccccc1[C@@H]1NC(=O)C[C@H]1NC(=O)C1CC1. The highest BCUT2D eigenvalue weighted by Gasteiger charge is 2.38. The van der Waals surface area contributed by atoms with Gasteiger partial charge in [-0.05, 0) is 30.9 Å². The van der Waals surface area contributed by atoms with Gasteiger partial charge in [0.25, 0.3) is 0 Å². The van der Waals surface area contributed by atoms with E-state index in [0.717, 1.165) is 24.0 Å². The van der Waals surface area contributed by atoms with Crippen LogP contribution in [0, 0.1) is 12.8 Å². The van der Waals surface area contributed by atoms with E-state index in [1.165, 1.54) is 0 Å². The lowest BCUT2D eigenvalue weighted by molar-refractivity contribution is -0.123. The quantitative estimate of drug-likeness (QED) is 0.862. The smallest absolute Gasteiger partial charge is 0.223 e. The molecule has 4 heteroatoms. The molecular formula is C15H18N2O2. The molecule has 0 aromatic heterocycles. The first-order valence-corrected chi connectivity index (χ1v) is 6.80. The van der Waals surface area contributed by atoms with Crippen LogP contribution in [-0.4, -0.2) is 17.9 Å². The molecule has 1 saturated carbocycles. The fourth-order valence-electron chi connectivity index (χ4n) is 2.66. The van der Waals surface area contributed by atoms with Gasteiger partial charge in [-0.25, -0.2) is 0 Å². The molecule has 1 aromatic carbocycles. The lowest BCUT2D eigenvalue weighted by Crippen LogP contribution is -2.39. The standard InChI is InChI=1S/C15H18N2O2/c1-9-4-2-3-5-11(9)14-12(8-13(18)17-14)16-15(19)10-6-7-10/h2-5,10,12,14H,6-8H2,1H3,(H,16,19)(H,17,18)/t12-,14+/m1/s1. The van der Waals surface area contributed by atoms with Crippen LogP contribution in [0.3, 0.4) is 0 Å². The third kappa shape index (κ3) is 2.48. The molecule has 2 atom stereocenters. The first-order chi connectivity index (χ1) is 9.15. The largest absolute Gasteiger partial charge is 0.350 e. The second-order valence-electron chi connectivity index (χ2n) is 5.50. The van der Waals surface area contributed by atoms with Gasteiger partial charge in [-0.3, -0.25) is 9.59 Å². The van der Waals surface area contributed by atoms with E-state index in [1.54, 1.807) is 0 Å². The van der Waals surface area contributed by atoms with Gasteiger partial charge in [0.1, 0.15) is 0 Å². The van der Waals surface area contributed by atoms with Gasteiger partial charge in [-0.1, -0.05) is 24.3 Å². The monoisotopic (exact) mass is 258 g/mol. The van der Waals surface area contributed by atoms with Crippen molar-refractivity contribution < 1.29 is 9.59 Å². The number of amides is 2. The molecule has 1 aliphatic heterocycles. The maximum absolute atomic E-state index is 11.9. The van der Waals surface area contributed by atoms with Crippen molar-refractivity contribution in [1.29, 1.82) is 0 Å². The molecule has 1 aliphatic carbocycles. The van der Waals surface area contributed by atoms with Crippen LogP contribution in [0.25, 0.3) is 0 Å². The molecule has 1 saturated heterocycles. The van der Waals surface area contributed by atoms with Crippen LogP contribution in [0.15, 0.2) is 24.3 Å². The van der Waals surface area contributed by atoms with Gasteiger partial charge in [-0.15, -0.1) is 0 Å². The van der Waals surface area contributed by atoms with E-state index in [-0.39, 0.29) is 29.8 Å². The minimum absolute atomic E-state index is 0.00866. The number of nitrogens with one attached hydrogen (secondary N) is 2. The fourth-order valence-corrected chi connectivity index (χ4v) is 2.66. The molecule has 4 nitrogen and oxygen atoms in total. The highest BCUT2D eigenvalue weighted by atomic mass is 16.2. The predicted octanol–water partition coefficient (Wildman–Crippen LogP) is 1.45. The van der Waals surface area contributed by atoms with Crippen LogP contribution in [0.2, 0.25) is 0 Å². The average Bonchev–Trinajstić information content (AvgIpc) is 3.16. The molecule has 0 bridgehead atoms. The van der Waals surface area contributed by atoms with Crippen molar-refractivity contribution in [2.75, 3.05) is 0 Å². The van der Waals surface area contributed by atoms with E-state index in [2.05, 4.69) is 10.6 Å². The highest BCUT2D eigenvalue weighted by molar-refractivity contribution is 5.85. The zero-order chi connectivity index (χ0) is 13.4. The summed E-state index contributed by atoms with van der Waals surface area (Å²) in [5.74, 6) is 0.280. The average molecular weight is 258 g/mol. The lowest BCUT2D eigenvalue weighted by atomic mass is 9.96. The fraction of sp³-hybridized carbons (Fsp3) is 0.467. The van der Waals surface area contributed by atoms with E-state index >= 15 is 0 Å². The van der Waals surface area contributed by atoms with Crippen molar-refractivity contribution in [3.63, 3.8) is 0 Å². The minimum atomic E-state index is -0.123. The van der Waals surface area contributed by atoms with Crippen molar-refractivity contribution in [2.45, 2.75) is 38.3 Å². The molecule has 1 heterocycles. The van der Waals surface area contributed by atoms with Gasteiger partial charge in [0.15, 0.2) is 0 Å². The number of benzene rings is 1. The Hall–Kier alpha value is -1.84. The maximum Gasteiger partial charge on any atom is 0.223 e. The molecule has 1 aromatic rings. The molecule has 2 aliphatic rings. The number of carbonyl (C=O) groups is 2. The Labute approximate surface area is 112 Å². The third-order valence-corrected chi connectivity index (χ3v) is 3.92. The number of carbonyl (C=O) groups excluding carboxylic acids is 2. The van der Waals surface area contributed by atoms with Gasteiger partial charge in [-0.2, -0.15) is 0 Å². The Bertz CT molecular complexity index is 523. The lowest BCUT2D eigenvalue weighted by Gasteiger charge is -2.22. The molecule has 2 N–H and O–H groups in total. The number of aryl methyl sites for hydroxylation is 1. The first kappa shape index (κ1) is 12.2. The first-order valence-electron chi connectivity index (χ1n) is 6.80. The van der Waals surface area contributed by atoms with Crippen LogP contribution in [-0.2, 0) is 9.59 Å². The molecule has 100 valence electrons. The van der Waals surface area contributed by atoms with E-state index < -0.39 is 0 Å². The molecule has 0 spiro atoms. The van der Waals surface area contributed by atoms with Crippen molar-refractivity contribution in [1.82, 2.24) is 10.6 Å². The van der Waals surface area contributed by atoms with Crippen molar-refractivity contribution in [2.24, 2.45) is 5.92 Å². The summed E-state index contributed by atoms with van der Waals surface area (Å²) < 4.78 is 0. The van der Waals surface area contributed by atoms with Crippen LogP contribution in [0.1, 0.15) is 36.4 Å².